The van der Waals surface area contributed by atoms with Gasteiger partial charge in [0.05, 0.1) is 5.92 Å². The molecule has 150 valence electrons. The van der Waals surface area contributed by atoms with Gasteiger partial charge in [0.25, 0.3) is 0 Å². The summed E-state index contributed by atoms with van der Waals surface area (Å²) in [7, 11) is 2.00. The summed E-state index contributed by atoms with van der Waals surface area (Å²) >= 11 is 0. The number of aliphatic carboxylic acids is 1. The highest BCUT2D eigenvalue weighted by Gasteiger charge is 2.64. The van der Waals surface area contributed by atoms with Gasteiger partial charge in [0.2, 0.25) is 5.91 Å². The average molecular weight is 374 g/mol. The highest BCUT2D eigenvalue weighted by Crippen LogP contribution is 2.67. The predicted molar refractivity (Wildman–Crippen MR) is 105 cm³/mol. The number of carboxylic acids is 1. The maximum absolute atomic E-state index is 12.4. The van der Waals surface area contributed by atoms with Crippen LogP contribution in [0.4, 0.5) is 0 Å². The number of carbonyl (C=O) groups excluding carboxylic acids is 1. The van der Waals surface area contributed by atoms with Gasteiger partial charge in [-0.15, -0.1) is 6.58 Å². The summed E-state index contributed by atoms with van der Waals surface area (Å²) in [6, 6.07) is 0.325. The van der Waals surface area contributed by atoms with Gasteiger partial charge < -0.3 is 10.0 Å². The zero-order chi connectivity index (χ0) is 19.6. The Hall–Kier alpha value is -1.32. The minimum Gasteiger partial charge on any atom is -0.481 e. The van der Waals surface area contributed by atoms with Crippen LogP contribution in [0.5, 0.6) is 0 Å². The maximum atomic E-state index is 12.4. The first-order valence-electron chi connectivity index (χ1n) is 10.8. The zero-order valence-electron chi connectivity index (χ0n) is 17.1. The molecule has 27 heavy (non-hydrogen) atoms. The molecule has 0 aromatic heterocycles. The average Bonchev–Trinajstić information content (AvgIpc) is 2.97. The van der Waals surface area contributed by atoms with Crippen molar-refractivity contribution in [2.24, 2.45) is 40.4 Å². The Balaban J connectivity index is 1.73. The van der Waals surface area contributed by atoms with E-state index in [1.807, 2.05) is 18.0 Å². The molecule has 0 aromatic carbocycles. The van der Waals surface area contributed by atoms with Crippen molar-refractivity contribution < 1.29 is 14.7 Å². The smallest absolute Gasteiger partial charge is 0.307 e. The van der Waals surface area contributed by atoms with Crippen molar-refractivity contribution >= 4 is 11.9 Å². The molecule has 1 amide bonds. The normalized spacial score (nSPS) is 49.1. The van der Waals surface area contributed by atoms with Crippen LogP contribution in [0.1, 0.15) is 65.2 Å². The van der Waals surface area contributed by atoms with Crippen molar-refractivity contribution in [3.05, 3.63) is 12.7 Å². The summed E-state index contributed by atoms with van der Waals surface area (Å²) in [4.78, 5) is 26.4. The molecule has 3 saturated carbocycles. The largest absolute Gasteiger partial charge is 0.481 e. The molecule has 0 radical (unpaired) electrons. The number of likely N-dealkylation sites (tertiary alicyclic amines) is 1. The summed E-state index contributed by atoms with van der Waals surface area (Å²) in [6.07, 6.45) is 9.77. The molecular weight excluding hydrogens is 338 g/mol. The number of hydrogen-bond acceptors (Lipinski definition) is 2. The molecular formula is C23H35NO3. The number of rotatable bonds is 3. The SMILES string of the molecule is C=CCC1C[C@H]2N(C)C(=O)CC[C@]2(C)[C@H]2CC[C@]3(C)[C@@H](C(=O)O)CC[C@H]3[C@H]12. The van der Waals surface area contributed by atoms with Crippen LogP contribution in [-0.4, -0.2) is 35.0 Å². The van der Waals surface area contributed by atoms with E-state index >= 15 is 0 Å². The number of carbonyl (C=O) groups is 2. The van der Waals surface area contributed by atoms with Crippen molar-refractivity contribution in [2.75, 3.05) is 7.05 Å². The highest BCUT2D eigenvalue weighted by molar-refractivity contribution is 5.77. The van der Waals surface area contributed by atoms with E-state index in [0.717, 1.165) is 44.9 Å². The van der Waals surface area contributed by atoms with Crippen molar-refractivity contribution in [1.29, 1.82) is 0 Å². The third-order valence-corrected chi connectivity index (χ3v) is 9.52. The first-order chi connectivity index (χ1) is 12.7. The molecule has 1 N–H and O–H groups in total. The quantitative estimate of drug-likeness (QED) is 0.748. The molecule has 4 nitrogen and oxygen atoms in total. The van der Waals surface area contributed by atoms with E-state index in [4.69, 9.17) is 0 Å². The van der Waals surface area contributed by atoms with Gasteiger partial charge in [-0.1, -0.05) is 19.9 Å². The van der Waals surface area contributed by atoms with Gasteiger partial charge >= 0.3 is 5.97 Å². The van der Waals surface area contributed by atoms with Crippen molar-refractivity contribution in [2.45, 2.75) is 71.3 Å². The van der Waals surface area contributed by atoms with Crippen LogP contribution in [0.25, 0.3) is 0 Å². The Morgan fingerprint density at radius 3 is 2.59 bits per heavy atom. The van der Waals surface area contributed by atoms with E-state index < -0.39 is 5.97 Å². The van der Waals surface area contributed by atoms with E-state index in [0.29, 0.717) is 42.0 Å². The zero-order valence-corrected chi connectivity index (χ0v) is 17.1. The number of allylic oxidation sites excluding steroid dienone is 1. The van der Waals surface area contributed by atoms with Crippen LogP contribution >= 0.6 is 0 Å². The van der Waals surface area contributed by atoms with E-state index in [-0.39, 0.29) is 16.7 Å². The standard InChI is InChI=1S/C23H35NO3/c1-5-6-14-13-18-23(3,12-10-19(25)24(18)4)16-9-11-22(2)15(20(14)16)7-8-17(22)21(26)27/h5,14-18,20H,1,6-13H2,2-4H3,(H,26,27)/t14?,15-,16-,17+,18+,20-,22-,23+/m0/s1. The van der Waals surface area contributed by atoms with Crippen LogP contribution in [0.3, 0.4) is 0 Å². The van der Waals surface area contributed by atoms with Crippen molar-refractivity contribution in [1.82, 2.24) is 4.90 Å². The molecule has 1 heterocycles. The molecule has 4 fully saturated rings. The number of amides is 1. The fraction of sp³-hybridized carbons (Fsp3) is 0.826. The Labute approximate surface area is 163 Å². The van der Waals surface area contributed by atoms with Gasteiger partial charge in [-0.05, 0) is 79.4 Å². The second-order valence-electron chi connectivity index (χ2n) is 10.3. The number of nitrogens with zero attached hydrogens (tertiary/aromatic N) is 1. The van der Waals surface area contributed by atoms with Gasteiger partial charge in [0, 0.05) is 19.5 Å². The number of hydrogen-bond donors (Lipinski definition) is 1. The third kappa shape index (κ3) is 2.54. The number of piperidine rings is 1. The molecule has 4 heteroatoms. The van der Waals surface area contributed by atoms with Crippen LogP contribution in [0.2, 0.25) is 0 Å². The molecule has 3 aliphatic carbocycles. The molecule has 4 aliphatic rings. The lowest BCUT2D eigenvalue weighted by Gasteiger charge is -2.64. The molecule has 1 aliphatic heterocycles. The maximum Gasteiger partial charge on any atom is 0.307 e. The number of carboxylic acid groups (broad SMARTS) is 1. The molecule has 1 unspecified atom stereocenters. The predicted octanol–water partition coefficient (Wildman–Crippen LogP) is 4.35. The second kappa shape index (κ2) is 6.35. The van der Waals surface area contributed by atoms with Crippen LogP contribution in [0, 0.1) is 40.4 Å². The van der Waals surface area contributed by atoms with E-state index in [2.05, 4.69) is 20.4 Å². The lowest BCUT2D eigenvalue weighted by atomic mass is 9.44. The topological polar surface area (TPSA) is 57.6 Å². The fourth-order valence-electron chi connectivity index (χ4n) is 8.13. The highest BCUT2D eigenvalue weighted by atomic mass is 16.4. The van der Waals surface area contributed by atoms with E-state index in [1.54, 1.807) is 0 Å². The van der Waals surface area contributed by atoms with Gasteiger partial charge in [-0.2, -0.15) is 0 Å². The molecule has 8 atom stereocenters. The Kier molecular flexibility index (Phi) is 4.47. The monoisotopic (exact) mass is 373 g/mol. The minimum absolute atomic E-state index is 0.0635. The lowest BCUT2D eigenvalue weighted by molar-refractivity contribution is -0.171. The summed E-state index contributed by atoms with van der Waals surface area (Å²) < 4.78 is 0. The van der Waals surface area contributed by atoms with Crippen molar-refractivity contribution in [3.63, 3.8) is 0 Å². The Morgan fingerprint density at radius 1 is 1.22 bits per heavy atom. The lowest BCUT2D eigenvalue weighted by Crippen LogP contribution is -2.63. The molecule has 0 spiro atoms. The first-order valence-corrected chi connectivity index (χ1v) is 10.8. The second-order valence-corrected chi connectivity index (χ2v) is 10.3. The van der Waals surface area contributed by atoms with E-state index in [1.165, 1.54) is 0 Å². The summed E-state index contributed by atoms with van der Waals surface area (Å²) in [6.45, 7) is 8.70. The fourth-order valence-corrected chi connectivity index (χ4v) is 8.13. The molecule has 4 rings (SSSR count). The minimum atomic E-state index is -0.596. The van der Waals surface area contributed by atoms with Gasteiger partial charge in [-0.3, -0.25) is 9.59 Å². The summed E-state index contributed by atoms with van der Waals surface area (Å²) in [5, 5.41) is 9.82. The molecule has 0 aromatic rings. The summed E-state index contributed by atoms with van der Waals surface area (Å²) in [5.74, 6) is 1.71. The van der Waals surface area contributed by atoms with Crippen LogP contribution in [-0.2, 0) is 9.59 Å². The third-order valence-electron chi connectivity index (χ3n) is 9.52. The Bertz CT molecular complexity index is 660. The number of fused-ring (bicyclic) bond motifs is 5. The van der Waals surface area contributed by atoms with Gasteiger partial charge in [0.15, 0.2) is 0 Å². The van der Waals surface area contributed by atoms with Crippen molar-refractivity contribution in [3.8, 4) is 0 Å². The summed E-state index contributed by atoms with van der Waals surface area (Å²) in [5.41, 5.74) is 0.111. The van der Waals surface area contributed by atoms with E-state index in [9.17, 15) is 14.7 Å². The van der Waals surface area contributed by atoms with Gasteiger partial charge in [0.1, 0.15) is 0 Å². The van der Waals surface area contributed by atoms with Gasteiger partial charge in [-0.25, -0.2) is 0 Å². The molecule has 1 saturated heterocycles. The Morgan fingerprint density at radius 2 is 1.93 bits per heavy atom. The molecule has 0 bridgehead atoms. The van der Waals surface area contributed by atoms with Crippen LogP contribution in [0.15, 0.2) is 12.7 Å². The first kappa shape index (κ1) is 19.0. The van der Waals surface area contributed by atoms with Crippen LogP contribution < -0.4 is 0 Å².